The number of hydrogen-bond acceptors (Lipinski definition) is 16. The first-order chi connectivity index (χ1) is 34.5. The summed E-state index contributed by atoms with van der Waals surface area (Å²) in [5.41, 5.74) is 1.89. The molecule has 2 aromatic heterocycles. The average molecular weight is 1000 g/mol. The van der Waals surface area contributed by atoms with E-state index in [1.807, 2.05) is 60.7 Å². The maximum absolute atomic E-state index is 9.55. The Morgan fingerprint density at radius 1 is 0.486 bits per heavy atom. The number of rotatable bonds is 20. The summed E-state index contributed by atoms with van der Waals surface area (Å²) >= 11 is 0. The molecule has 0 atom stereocenters. The van der Waals surface area contributed by atoms with Crippen LogP contribution in [-0.2, 0) is 28.8 Å². The van der Waals surface area contributed by atoms with Crippen molar-refractivity contribution in [3.05, 3.63) is 110 Å². The van der Waals surface area contributed by atoms with E-state index >= 15 is 0 Å². The van der Waals surface area contributed by atoms with Gasteiger partial charge in [0.1, 0.15) is 0 Å². The van der Waals surface area contributed by atoms with Gasteiger partial charge in [0.15, 0.2) is 0 Å². The van der Waals surface area contributed by atoms with Crippen LogP contribution in [0.1, 0.15) is 39.5 Å². The molecule has 6 N–H and O–H groups in total. The number of para-hydroxylation sites is 2. The number of aromatic nitrogens is 4. The van der Waals surface area contributed by atoms with E-state index in [9.17, 15) is 28.8 Å². The summed E-state index contributed by atoms with van der Waals surface area (Å²) in [6.45, 7) is 23.0. The Hall–Kier alpha value is -8.24. The van der Waals surface area contributed by atoms with E-state index in [1.54, 1.807) is 0 Å². The number of anilines is 2. The van der Waals surface area contributed by atoms with Crippen LogP contribution in [0.15, 0.2) is 110 Å². The van der Waals surface area contributed by atoms with Gasteiger partial charge in [-0.1, -0.05) is 63.1 Å². The highest BCUT2D eigenvalue weighted by atomic mass is 16.5. The summed E-state index contributed by atoms with van der Waals surface area (Å²) in [4.78, 5) is 85.6. The lowest BCUT2D eigenvalue weighted by atomic mass is 10.2. The van der Waals surface area contributed by atoms with Crippen molar-refractivity contribution in [1.29, 1.82) is 0 Å². The van der Waals surface area contributed by atoms with Gasteiger partial charge in [0.25, 0.3) is 0 Å². The Morgan fingerprint density at radius 3 is 1.04 bits per heavy atom. The lowest BCUT2D eigenvalue weighted by Crippen LogP contribution is -2.46. The molecule has 0 amide bonds. The van der Waals surface area contributed by atoms with Gasteiger partial charge in [-0.05, 0) is 37.1 Å². The van der Waals surface area contributed by atoms with Crippen LogP contribution in [0.3, 0.4) is 0 Å². The fourth-order valence-electron chi connectivity index (χ4n) is 6.25. The zero-order valence-corrected chi connectivity index (χ0v) is 40.5. The van der Waals surface area contributed by atoms with E-state index in [1.165, 1.54) is 0 Å². The molecular weight excluding hydrogens is 937 g/mol. The first-order valence-corrected chi connectivity index (χ1v) is 22.9. The van der Waals surface area contributed by atoms with Gasteiger partial charge >= 0.3 is 35.8 Å². The SMILES string of the molecule is C=CCN1CCN(c2nc(OCCCC)c3ccccc3n2)CC1.C=CCN1CCN(c2nc(OCCCC)c3ccccc3n2)CC1.O=C(O)/C=C/C(=O)O.O=C(O)/C=C/C(=O)O.O=C(O)/C=C/C(=O)O. The average Bonchev–Trinajstić information content (AvgIpc) is 3.36. The maximum Gasteiger partial charge on any atom is 0.328 e. The van der Waals surface area contributed by atoms with Gasteiger partial charge in [-0.25, -0.2) is 38.7 Å². The minimum atomic E-state index is -1.26. The van der Waals surface area contributed by atoms with E-state index in [2.05, 4.69) is 46.6 Å². The van der Waals surface area contributed by atoms with E-state index in [0.29, 0.717) is 61.4 Å². The van der Waals surface area contributed by atoms with Crippen molar-refractivity contribution in [2.75, 3.05) is 88.5 Å². The fourth-order valence-corrected chi connectivity index (χ4v) is 6.25. The van der Waals surface area contributed by atoms with Gasteiger partial charge in [0.05, 0.1) is 35.0 Å². The Balaban J connectivity index is 0.000000343. The maximum atomic E-state index is 9.55. The molecule has 0 bridgehead atoms. The van der Waals surface area contributed by atoms with Gasteiger partial charge in [0, 0.05) is 102 Å². The molecule has 2 aliphatic rings. The van der Waals surface area contributed by atoms with Crippen molar-refractivity contribution in [2.45, 2.75) is 39.5 Å². The van der Waals surface area contributed by atoms with Gasteiger partial charge in [-0.3, -0.25) is 9.80 Å². The number of carboxylic acid groups (broad SMARTS) is 6. The lowest BCUT2D eigenvalue weighted by Gasteiger charge is -2.34. The third-order valence-electron chi connectivity index (χ3n) is 9.78. The normalized spacial score (nSPS) is 13.6. The fraction of sp³-hybridized carbons (Fsp3) is 0.360. The number of benzene rings is 2. The Labute approximate surface area is 417 Å². The highest BCUT2D eigenvalue weighted by Crippen LogP contribution is 2.27. The molecule has 0 radical (unpaired) electrons. The van der Waals surface area contributed by atoms with E-state index < -0.39 is 35.8 Å². The second-order valence-electron chi connectivity index (χ2n) is 15.3. The van der Waals surface area contributed by atoms with Crippen molar-refractivity contribution < 1.29 is 68.9 Å². The van der Waals surface area contributed by atoms with Crippen molar-refractivity contribution in [2.24, 2.45) is 0 Å². The molecule has 2 fully saturated rings. The lowest BCUT2D eigenvalue weighted by molar-refractivity contribution is -0.134. The molecule has 0 saturated carbocycles. The number of carbonyl (C=O) groups is 6. The molecule has 72 heavy (non-hydrogen) atoms. The quantitative estimate of drug-likeness (QED) is 0.0368. The van der Waals surface area contributed by atoms with Gasteiger partial charge < -0.3 is 49.9 Å². The summed E-state index contributed by atoms with van der Waals surface area (Å²) < 4.78 is 11.9. The van der Waals surface area contributed by atoms with Crippen molar-refractivity contribution >= 4 is 69.5 Å². The van der Waals surface area contributed by atoms with Crippen molar-refractivity contribution in [3.8, 4) is 11.8 Å². The highest BCUT2D eigenvalue weighted by Gasteiger charge is 2.22. The molecule has 0 aliphatic carbocycles. The van der Waals surface area contributed by atoms with Crippen molar-refractivity contribution in [1.82, 2.24) is 29.7 Å². The standard InChI is InChI=1S/2C19H26N4O.3C4H4O4/c2*1-3-5-15-24-18-16-8-6-7-9-17(16)20-19(21-18)23-13-11-22(10-4-2)12-14-23;3*5-3(6)1-2-4(7)8/h2*4,6-9H,2-3,5,10-15H2,1H3;3*1-2H,(H,5,6)(H,7,8)/b;;3*2-1+. The molecule has 22 heteroatoms. The smallest absolute Gasteiger partial charge is 0.328 e. The Bertz CT molecular complexity index is 2240. The number of nitrogens with zero attached hydrogens (tertiary/aromatic N) is 8. The largest absolute Gasteiger partial charge is 0.478 e. The molecule has 6 rings (SSSR count). The molecule has 0 unspecified atom stereocenters. The molecule has 388 valence electrons. The number of ether oxygens (including phenoxy) is 2. The monoisotopic (exact) mass is 1000 g/mol. The number of fused-ring (bicyclic) bond motifs is 2. The molecule has 4 aromatic rings. The number of carboxylic acids is 6. The zero-order valence-electron chi connectivity index (χ0n) is 40.5. The molecule has 2 aromatic carbocycles. The minimum absolute atomic E-state index is 0.558. The minimum Gasteiger partial charge on any atom is -0.478 e. The Kier molecular flexibility index (Phi) is 28.4. The third-order valence-corrected chi connectivity index (χ3v) is 9.78. The van der Waals surface area contributed by atoms with E-state index in [4.69, 9.17) is 60.0 Å². The van der Waals surface area contributed by atoms with Crippen molar-refractivity contribution in [3.63, 3.8) is 0 Å². The topological polar surface area (TPSA) is 307 Å². The number of hydrogen-bond donors (Lipinski definition) is 6. The van der Waals surface area contributed by atoms with Crippen LogP contribution in [0.2, 0.25) is 0 Å². The number of piperazine rings is 2. The van der Waals surface area contributed by atoms with Gasteiger partial charge in [-0.15, -0.1) is 13.2 Å². The molecular formula is C50H64N8O14. The van der Waals surface area contributed by atoms with Crippen LogP contribution < -0.4 is 19.3 Å². The summed E-state index contributed by atoms with van der Waals surface area (Å²) in [7, 11) is 0. The number of unbranched alkanes of at least 4 members (excludes halogenated alkanes) is 2. The van der Waals surface area contributed by atoms with Crippen LogP contribution in [-0.4, -0.2) is 175 Å². The molecule has 4 heterocycles. The van der Waals surface area contributed by atoms with Crippen LogP contribution in [0.4, 0.5) is 11.9 Å². The highest BCUT2D eigenvalue weighted by molar-refractivity contribution is 5.91. The predicted molar refractivity (Wildman–Crippen MR) is 271 cm³/mol. The molecule has 0 spiro atoms. The summed E-state index contributed by atoms with van der Waals surface area (Å²) in [5, 5.41) is 48.9. The van der Waals surface area contributed by atoms with Crippen LogP contribution in [0.5, 0.6) is 11.8 Å². The summed E-state index contributed by atoms with van der Waals surface area (Å²) in [6, 6.07) is 16.2. The molecule has 2 saturated heterocycles. The first-order valence-electron chi connectivity index (χ1n) is 22.9. The van der Waals surface area contributed by atoms with E-state index in [0.717, 1.165) is 125 Å². The van der Waals surface area contributed by atoms with Crippen LogP contribution >= 0.6 is 0 Å². The van der Waals surface area contributed by atoms with Crippen LogP contribution in [0.25, 0.3) is 21.8 Å². The Morgan fingerprint density at radius 2 is 0.778 bits per heavy atom. The summed E-state index contributed by atoms with van der Waals surface area (Å²) in [6.07, 6.45) is 11.6. The third kappa shape index (κ3) is 24.4. The molecule has 2 aliphatic heterocycles. The van der Waals surface area contributed by atoms with Gasteiger partial charge in [-0.2, -0.15) is 9.97 Å². The van der Waals surface area contributed by atoms with Gasteiger partial charge in [0.2, 0.25) is 23.7 Å². The molecule has 22 nitrogen and oxygen atoms in total. The van der Waals surface area contributed by atoms with Crippen LogP contribution in [0, 0.1) is 0 Å². The van der Waals surface area contributed by atoms with E-state index in [-0.39, 0.29) is 0 Å². The number of aliphatic carboxylic acids is 6. The second kappa shape index (κ2) is 34.1. The zero-order chi connectivity index (χ0) is 53.3. The summed E-state index contributed by atoms with van der Waals surface area (Å²) in [5.74, 6) is -4.58. The second-order valence-corrected chi connectivity index (χ2v) is 15.3. The first kappa shape index (κ1) is 59.9. The predicted octanol–water partition coefficient (Wildman–Crippen LogP) is 5.37.